The number of rotatable bonds is 3. The number of hydrogen-bond acceptors (Lipinski definition) is 3. The minimum Gasteiger partial charge on any atom is -0.508 e. The number of benzene rings is 3. The molecule has 164 valence electrons. The van der Waals surface area contributed by atoms with Crippen molar-refractivity contribution in [3.63, 3.8) is 0 Å². The molecule has 0 radical (unpaired) electrons. The molecule has 3 aromatic carbocycles. The third-order valence-corrected chi connectivity index (χ3v) is 4.30. The fourth-order valence-corrected chi connectivity index (χ4v) is 2.86. The lowest BCUT2D eigenvalue weighted by Crippen LogP contribution is -2.02. The van der Waals surface area contributed by atoms with E-state index in [-0.39, 0.29) is 17.2 Å². The van der Waals surface area contributed by atoms with Gasteiger partial charge in [-0.3, -0.25) is 0 Å². The van der Waals surface area contributed by atoms with Gasteiger partial charge in [0.2, 0.25) is 0 Å². The quantitative estimate of drug-likeness (QED) is 0.181. The van der Waals surface area contributed by atoms with E-state index >= 15 is 0 Å². The van der Waals surface area contributed by atoms with E-state index in [0.717, 1.165) is 22.3 Å². The average Bonchev–Trinajstić information content (AvgIpc) is 2.74. The van der Waals surface area contributed by atoms with Crippen LogP contribution in [0.5, 0.6) is 17.2 Å². The monoisotopic (exact) mass is 444 g/mol. The highest BCUT2D eigenvalue weighted by Crippen LogP contribution is 2.34. The summed E-state index contributed by atoms with van der Waals surface area (Å²) in [4.78, 5) is 0. The third-order valence-electron chi connectivity index (χ3n) is 4.30. The predicted octanol–water partition coefficient (Wildman–Crippen LogP) is 6.98. The van der Waals surface area contributed by atoms with Crippen molar-refractivity contribution in [1.82, 2.24) is 0 Å². The molecule has 0 unspecified atom stereocenters. The van der Waals surface area contributed by atoms with E-state index in [1.165, 1.54) is 0 Å². The molecule has 4 nitrogen and oxygen atoms in total. The maximum Gasteiger partial charge on any atom is 0.673 e. The van der Waals surface area contributed by atoms with Crippen molar-refractivity contribution in [2.75, 3.05) is 0 Å². The van der Waals surface area contributed by atoms with Crippen molar-refractivity contribution >= 4 is 7.25 Å². The first kappa shape index (κ1) is 22.7. The van der Waals surface area contributed by atoms with Crippen LogP contribution in [-0.4, -0.2) is 22.6 Å². The largest absolute Gasteiger partial charge is 0.673 e. The van der Waals surface area contributed by atoms with Crippen molar-refractivity contribution in [2.24, 2.45) is 0 Å². The summed E-state index contributed by atoms with van der Waals surface area (Å²) in [6.07, 6.45) is 0. The molecule has 4 rings (SSSR count). The van der Waals surface area contributed by atoms with Crippen LogP contribution in [0.2, 0.25) is 0 Å². The Kier molecular flexibility index (Phi) is 6.68. The van der Waals surface area contributed by atoms with E-state index in [0.29, 0.717) is 11.5 Å². The van der Waals surface area contributed by atoms with Crippen LogP contribution in [-0.2, 0) is 0 Å². The number of aromatic hydroxyl groups is 3. The van der Waals surface area contributed by atoms with Gasteiger partial charge < -0.3 is 32.6 Å². The lowest BCUT2D eigenvalue weighted by molar-refractivity contribution is 0.368. The molecule has 0 atom stereocenters. The second-order valence-electron chi connectivity index (χ2n) is 6.71. The molecule has 0 spiro atoms. The van der Waals surface area contributed by atoms with Crippen LogP contribution in [0.4, 0.5) is 17.3 Å². The molecule has 1 aromatic heterocycles. The van der Waals surface area contributed by atoms with E-state index in [4.69, 9.17) is 4.42 Å². The summed E-state index contributed by atoms with van der Waals surface area (Å²) >= 11 is 0. The molecule has 0 fully saturated rings. The normalized spacial score (nSPS) is 10.9. The number of phenolic OH excluding ortho intramolecular Hbond substituents is 3. The summed E-state index contributed by atoms with van der Waals surface area (Å²) in [5.41, 5.74) is 3.51. The summed E-state index contributed by atoms with van der Waals surface area (Å²) < 4.78 is 45.1. The minimum absolute atomic E-state index is 0.187. The first-order chi connectivity index (χ1) is 15.1. The van der Waals surface area contributed by atoms with Crippen LogP contribution in [0, 0.1) is 0 Å². The molecule has 0 bridgehead atoms. The Hall–Kier alpha value is -4.01. The standard InChI is InChI=1S/C23H16O4.BF4/c24-19-7-1-15(2-8-19)18-13-22(16-3-9-20(25)10-4-16)27-23(14-18)17-5-11-21(26)12-6-17;2-1(3,4)5/h1-14H,(H2-,24,25,26);/q;-1/p+1. The summed E-state index contributed by atoms with van der Waals surface area (Å²) in [6.45, 7) is 0. The molecule has 3 N–H and O–H groups in total. The van der Waals surface area contributed by atoms with Gasteiger partial charge in [-0.15, -0.1) is 0 Å². The maximum absolute atomic E-state index is 9.75. The zero-order valence-electron chi connectivity index (χ0n) is 16.4. The molecular weight excluding hydrogens is 427 g/mol. The van der Waals surface area contributed by atoms with Gasteiger partial charge in [0.15, 0.2) is 0 Å². The Morgan fingerprint density at radius 1 is 0.469 bits per heavy atom. The molecular formula is C23H17BF4O4. The van der Waals surface area contributed by atoms with Crippen LogP contribution in [0.15, 0.2) is 89.3 Å². The van der Waals surface area contributed by atoms with Crippen LogP contribution in [0.1, 0.15) is 0 Å². The van der Waals surface area contributed by atoms with E-state index < -0.39 is 7.25 Å². The summed E-state index contributed by atoms with van der Waals surface area (Å²) in [6, 6.07) is 24.4. The molecule has 0 aliphatic rings. The Bertz CT molecular complexity index is 1020. The van der Waals surface area contributed by atoms with Gasteiger partial charge in [-0.25, -0.2) is 4.42 Å². The van der Waals surface area contributed by atoms with Gasteiger partial charge in [-0.1, -0.05) is 12.1 Å². The van der Waals surface area contributed by atoms with Gasteiger partial charge in [-0.05, 0) is 66.2 Å². The Labute approximate surface area is 180 Å². The van der Waals surface area contributed by atoms with Crippen LogP contribution in [0.3, 0.4) is 0 Å². The van der Waals surface area contributed by atoms with Crippen molar-refractivity contribution in [3.05, 3.63) is 84.9 Å². The first-order valence-electron chi connectivity index (χ1n) is 9.32. The smallest absolute Gasteiger partial charge is 0.508 e. The Morgan fingerprint density at radius 3 is 1.06 bits per heavy atom. The zero-order valence-corrected chi connectivity index (χ0v) is 16.4. The van der Waals surface area contributed by atoms with Gasteiger partial charge in [-0.2, -0.15) is 0 Å². The molecule has 0 aliphatic heterocycles. The van der Waals surface area contributed by atoms with Crippen molar-refractivity contribution in [2.45, 2.75) is 0 Å². The van der Waals surface area contributed by atoms with Crippen LogP contribution >= 0.6 is 0 Å². The molecule has 0 saturated heterocycles. The number of hydrogen-bond donors (Lipinski definition) is 3. The highest BCUT2D eigenvalue weighted by atomic mass is 19.5. The van der Waals surface area contributed by atoms with Gasteiger partial charge in [0.1, 0.15) is 17.2 Å². The predicted molar refractivity (Wildman–Crippen MR) is 115 cm³/mol. The second kappa shape index (κ2) is 9.42. The fraction of sp³-hybridized carbons (Fsp3) is 0. The zero-order chi connectivity index (χ0) is 23.3. The fourth-order valence-electron chi connectivity index (χ4n) is 2.86. The van der Waals surface area contributed by atoms with Crippen LogP contribution in [0.25, 0.3) is 33.8 Å². The molecule has 1 heterocycles. The topological polar surface area (TPSA) is 72.0 Å². The van der Waals surface area contributed by atoms with E-state index in [1.54, 1.807) is 60.7 Å². The molecule has 0 aliphatic carbocycles. The number of phenols is 3. The minimum atomic E-state index is -6.00. The molecule has 0 amide bonds. The molecule has 9 heteroatoms. The third kappa shape index (κ3) is 6.50. The van der Waals surface area contributed by atoms with Gasteiger partial charge in [0.05, 0.1) is 23.3 Å². The van der Waals surface area contributed by atoms with Gasteiger partial charge >= 0.3 is 18.8 Å². The molecule has 0 saturated carbocycles. The lowest BCUT2D eigenvalue weighted by Gasteiger charge is -2.03. The second-order valence-corrected chi connectivity index (χ2v) is 6.71. The van der Waals surface area contributed by atoms with Gasteiger partial charge in [0.25, 0.3) is 0 Å². The summed E-state index contributed by atoms with van der Waals surface area (Å²) in [7, 11) is -6.00. The first-order valence-corrected chi connectivity index (χ1v) is 9.32. The highest BCUT2D eigenvalue weighted by molar-refractivity contribution is 6.50. The highest BCUT2D eigenvalue weighted by Gasteiger charge is 2.21. The SMILES string of the molecule is F[B-](F)(F)F.Oc1ccc(-c2cc(-c3ccc(O)cc3)[o+]c(-c3ccc(O)cc3)c2)cc1. The van der Waals surface area contributed by atoms with Crippen LogP contribution < -0.4 is 0 Å². The average molecular weight is 444 g/mol. The molecule has 4 aromatic rings. The molecule has 32 heavy (non-hydrogen) atoms. The van der Waals surface area contributed by atoms with E-state index in [9.17, 15) is 32.6 Å². The Balaban J connectivity index is 0.000000523. The number of halogens is 4. The van der Waals surface area contributed by atoms with Crippen molar-refractivity contribution < 1.29 is 37.0 Å². The van der Waals surface area contributed by atoms with E-state index in [2.05, 4.69) is 0 Å². The van der Waals surface area contributed by atoms with E-state index in [1.807, 2.05) is 24.3 Å². The summed E-state index contributed by atoms with van der Waals surface area (Å²) in [5.74, 6) is 1.86. The van der Waals surface area contributed by atoms with Crippen molar-refractivity contribution in [3.8, 4) is 51.0 Å². The maximum atomic E-state index is 9.75. The lowest BCUT2D eigenvalue weighted by atomic mass is 10.0. The van der Waals surface area contributed by atoms with Gasteiger partial charge in [0, 0.05) is 5.56 Å². The van der Waals surface area contributed by atoms with Crippen molar-refractivity contribution in [1.29, 1.82) is 0 Å². The Morgan fingerprint density at radius 2 is 0.750 bits per heavy atom. The summed E-state index contributed by atoms with van der Waals surface area (Å²) in [5, 5.41) is 28.6.